The van der Waals surface area contributed by atoms with Gasteiger partial charge in [-0.25, -0.2) is 4.98 Å². The Morgan fingerprint density at radius 3 is 2.40 bits per heavy atom. The predicted octanol–water partition coefficient (Wildman–Crippen LogP) is 3.40. The minimum Gasteiger partial charge on any atom is -0.368 e. The Kier molecular flexibility index (Phi) is 8.03. The molecule has 0 spiro atoms. The molecule has 0 amide bonds. The predicted molar refractivity (Wildman–Crippen MR) is 105 cm³/mol. The van der Waals surface area contributed by atoms with Gasteiger partial charge in [-0.15, -0.1) is 0 Å². The molecule has 10 nitrogen and oxygen atoms in total. The maximum atomic E-state index is 12.7. The number of nitrogen functional groups attached to an aromatic ring is 1. The number of ether oxygens (including phenoxy) is 1. The fourth-order valence-electron chi connectivity index (χ4n) is 2.50. The molecule has 3 N–H and O–H groups in total. The Bertz CT molecular complexity index is 876. The van der Waals surface area contributed by atoms with Crippen molar-refractivity contribution in [1.29, 1.82) is 0 Å². The molecule has 0 aromatic carbocycles. The van der Waals surface area contributed by atoms with Gasteiger partial charge in [0.05, 0.1) is 25.1 Å². The van der Waals surface area contributed by atoms with E-state index in [9.17, 15) is 17.7 Å². The average molecular weight is 454 g/mol. The number of rotatable bonds is 11. The molecular formula is C16H26F3N6O4P. The van der Waals surface area contributed by atoms with Gasteiger partial charge >= 0.3 is 13.8 Å². The first kappa shape index (κ1) is 24.3. The molecule has 170 valence electrons. The normalized spacial score (nSPS) is 13.0. The number of fused-ring (bicyclic) bond motifs is 1. The van der Waals surface area contributed by atoms with Crippen molar-refractivity contribution in [1.82, 2.24) is 19.5 Å². The van der Waals surface area contributed by atoms with Gasteiger partial charge in [-0.2, -0.15) is 23.1 Å². The van der Waals surface area contributed by atoms with E-state index in [1.54, 1.807) is 32.3 Å². The Hall–Kier alpha value is -1.95. The number of halogens is 3. The standard InChI is InChI=1S/C16H26F3N6O4P/c1-10(2)28-30(26,29-11(3)4)9-27-6-5-25-8-22-12-13(21-7-16(17,18)19)23-15(20)24-14(12)25/h8,10-11H,5-7,9H2,1-4H3,(H3,20,21,23,24). The summed E-state index contributed by atoms with van der Waals surface area (Å²) >= 11 is 0. The van der Waals surface area contributed by atoms with Crippen LogP contribution in [0.2, 0.25) is 0 Å². The molecule has 2 aromatic rings. The van der Waals surface area contributed by atoms with E-state index in [0.717, 1.165) is 0 Å². The maximum absolute atomic E-state index is 12.7. The molecule has 0 aliphatic heterocycles. The Morgan fingerprint density at radius 2 is 1.83 bits per heavy atom. The molecule has 0 saturated heterocycles. The second-order valence-corrected chi connectivity index (χ2v) is 8.87. The largest absolute Gasteiger partial charge is 0.405 e. The summed E-state index contributed by atoms with van der Waals surface area (Å²) in [5, 5.41) is 2.17. The Morgan fingerprint density at radius 1 is 1.20 bits per heavy atom. The van der Waals surface area contributed by atoms with Crippen molar-refractivity contribution in [3.05, 3.63) is 6.33 Å². The first-order valence-electron chi connectivity index (χ1n) is 9.21. The lowest BCUT2D eigenvalue weighted by Gasteiger charge is -2.22. The highest BCUT2D eigenvalue weighted by Gasteiger charge is 2.29. The molecule has 0 atom stereocenters. The molecule has 0 radical (unpaired) electrons. The lowest BCUT2D eigenvalue weighted by atomic mass is 10.4. The van der Waals surface area contributed by atoms with E-state index >= 15 is 0 Å². The minimum absolute atomic E-state index is 0.105. The number of nitrogens with two attached hydrogens (primary N) is 1. The van der Waals surface area contributed by atoms with Crippen molar-refractivity contribution in [2.24, 2.45) is 0 Å². The Balaban J connectivity index is 2.04. The van der Waals surface area contributed by atoms with E-state index in [2.05, 4.69) is 20.3 Å². The van der Waals surface area contributed by atoms with E-state index in [1.165, 1.54) is 6.33 Å². The highest BCUT2D eigenvalue weighted by atomic mass is 31.2. The minimum atomic E-state index is -4.42. The maximum Gasteiger partial charge on any atom is 0.405 e. The average Bonchev–Trinajstić information content (AvgIpc) is 2.97. The molecule has 0 fully saturated rings. The molecule has 0 saturated carbocycles. The summed E-state index contributed by atoms with van der Waals surface area (Å²) in [4.78, 5) is 11.9. The van der Waals surface area contributed by atoms with Gasteiger partial charge in [0.1, 0.15) is 12.9 Å². The topological polar surface area (TPSA) is 126 Å². The van der Waals surface area contributed by atoms with E-state index < -0.39 is 20.3 Å². The van der Waals surface area contributed by atoms with Gasteiger partial charge in [-0.05, 0) is 27.7 Å². The summed E-state index contributed by atoms with van der Waals surface area (Å²) in [5.74, 6) is -0.315. The van der Waals surface area contributed by atoms with Gasteiger partial charge in [0.2, 0.25) is 5.95 Å². The highest BCUT2D eigenvalue weighted by molar-refractivity contribution is 7.53. The van der Waals surface area contributed by atoms with Crippen LogP contribution in [0.25, 0.3) is 11.2 Å². The number of hydrogen-bond acceptors (Lipinski definition) is 9. The van der Waals surface area contributed by atoms with Gasteiger partial charge in [-0.1, -0.05) is 0 Å². The van der Waals surface area contributed by atoms with Crippen LogP contribution in [0.15, 0.2) is 6.33 Å². The summed E-state index contributed by atoms with van der Waals surface area (Å²) < 4.78 is 68.0. The number of anilines is 2. The molecule has 0 aliphatic carbocycles. The third kappa shape index (κ3) is 7.38. The van der Waals surface area contributed by atoms with Crippen molar-refractivity contribution in [2.45, 2.75) is 52.6 Å². The fourth-order valence-corrected chi connectivity index (χ4v) is 4.31. The lowest BCUT2D eigenvalue weighted by Crippen LogP contribution is -2.22. The molecule has 0 unspecified atom stereocenters. The van der Waals surface area contributed by atoms with Crippen molar-refractivity contribution >= 4 is 30.5 Å². The van der Waals surface area contributed by atoms with Gasteiger partial charge in [0, 0.05) is 6.54 Å². The van der Waals surface area contributed by atoms with Crippen LogP contribution in [-0.4, -0.2) is 57.4 Å². The van der Waals surface area contributed by atoms with Gasteiger partial charge in [-0.3, -0.25) is 4.57 Å². The van der Waals surface area contributed by atoms with E-state index in [-0.39, 0.29) is 54.6 Å². The van der Waals surface area contributed by atoms with Crippen LogP contribution >= 0.6 is 7.60 Å². The zero-order valence-electron chi connectivity index (χ0n) is 17.1. The van der Waals surface area contributed by atoms with Crippen LogP contribution in [0.4, 0.5) is 24.9 Å². The smallest absolute Gasteiger partial charge is 0.368 e. The summed E-state index contributed by atoms with van der Waals surface area (Å²) in [6.07, 6.45) is -3.90. The van der Waals surface area contributed by atoms with Crippen LogP contribution < -0.4 is 11.1 Å². The quantitative estimate of drug-likeness (QED) is 0.388. The van der Waals surface area contributed by atoms with Crippen LogP contribution in [0.1, 0.15) is 27.7 Å². The van der Waals surface area contributed by atoms with Crippen LogP contribution in [-0.2, 0) is 24.9 Å². The number of aromatic nitrogens is 4. The molecule has 0 bridgehead atoms. The molecule has 0 aliphatic rings. The number of hydrogen-bond donors (Lipinski definition) is 2. The van der Waals surface area contributed by atoms with Gasteiger partial charge in [0.15, 0.2) is 17.0 Å². The summed E-state index contributed by atoms with van der Waals surface area (Å²) in [6.45, 7) is 6.01. The molecule has 2 heterocycles. The molecule has 2 rings (SSSR count). The number of alkyl halides is 3. The third-order valence-corrected chi connectivity index (χ3v) is 5.39. The van der Waals surface area contributed by atoms with E-state index in [4.69, 9.17) is 19.5 Å². The molecule has 2 aromatic heterocycles. The first-order valence-corrected chi connectivity index (χ1v) is 10.9. The monoisotopic (exact) mass is 454 g/mol. The van der Waals surface area contributed by atoms with Crippen LogP contribution in [0.5, 0.6) is 0 Å². The molecule has 14 heteroatoms. The van der Waals surface area contributed by atoms with Crippen LogP contribution in [0, 0.1) is 0 Å². The van der Waals surface area contributed by atoms with Crippen LogP contribution in [0.3, 0.4) is 0 Å². The van der Waals surface area contributed by atoms with Crippen molar-refractivity contribution in [3.8, 4) is 0 Å². The second kappa shape index (κ2) is 9.90. The van der Waals surface area contributed by atoms with Crippen molar-refractivity contribution < 1.29 is 31.5 Å². The molecular weight excluding hydrogens is 428 g/mol. The number of nitrogens with one attached hydrogen (secondary N) is 1. The fraction of sp³-hybridized carbons (Fsp3) is 0.688. The first-order chi connectivity index (χ1) is 13.9. The van der Waals surface area contributed by atoms with Crippen molar-refractivity contribution in [2.75, 3.05) is 30.6 Å². The van der Waals surface area contributed by atoms with Gasteiger partial charge < -0.3 is 29.4 Å². The number of imidazole rings is 1. The summed E-state index contributed by atoms with van der Waals surface area (Å²) in [5.41, 5.74) is 6.00. The zero-order valence-corrected chi connectivity index (χ0v) is 18.0. The SMILES string of the molecule is CC(C)OP(=O)(COCCn1cnc2c(NCC(F)(F)F)nc(N)nc21)OC(C)C. The highest BCUT2D eigenvalue weighted by Crippen LogP contribution is 2.50. The van der Waals surface area contributed by atoms with E-state index in [1.807, 2.05) is 0 Å². The van der Waals surface area contributed by atoms with E-state index in [0.29, 0.717) is 0 Å². The summed E-state index contributed by atoms with van der Waals surface area (Å²) in [6, 6.07) is 0. The molecule has 30 heavy (non-hydrogen) atoms. The second-order valence-electron chi connectivity index (χ2n) is 6.97. The zero-order chi connectivity index (χ0) is 22.5. The Labute approximate surface area is 171 Å². The lowest BCUT2D eigenvalue weighted by molar-refractivity contribution is -0.115. The van der Waals surface area contributed by atoms with Gasteiger partial charge in [0.25, 0.3) is 0 Å². The third-order valence-electron chi connectivity index (χ3n) is 3.41. The summed E-state index contributed by atoms with van der Waals surface area (Å²) in [7, 11) is -3.44. The van der Waals surface area contributed by atoms with Crippen molar-refractivity contribution in [3.63, 3.8) is 0 Å². The number of nitrogens with zero attached hydrogens (tertiary/aromatic N) is 4.